The van der Waals surface area contributed by atoms with Gasteiger partial charge in [0.25, 0.3) is 0 Å². The van der Waals surface area contributed by atoms with Gasteiger partial charge >= 0.3 is 0 Å². The highest BCUT2D eigenvalue weighted by molar-refractivity contribution is 5.09. The van der Waals surface area contributed by atoms with Crippen LogP contribution in [0.4, 0.5) is 0 Å². The summed E-state index contributed by atoms with van der Waals surface area (Å²) in [7, 11) is 0. The topological polar surface area (TPSA) is 78.4 Å². The number of hydrogen-bond acceptors (Lipinski definition) is 7. The molecule has 0 amide bonds. The average molecular weight is 386 g/mol. The molecule has 1 aliphatic carbocycles. The molecule has 1 spiro atoms. The maximum Gasteiger partial charge on any atom is 0.201 e. The summed E-state index contributed by atoms with van der Waals surface area (Å²) in [5.41, 5.74) is -0.568. The Morgan fingerprint density at radius 2 is 1.93 bits per heavy atom. The van der Waals surface area contributed by atoms with Gasteiger partial charge in [0.05, 0.1) is 6.61 Å². The van der Waals surface area contributed by atoms with Gasteiger partial charge in [-0.2, -0.15) is 0 Å². The van der Waals surface area contributed by atoms with E-state index in [-0.39, 0.29) is 24.5 Å². The molecule has 4 aliphatic heterocycles. The molecule has 2 bridgehead atoms. The molecule has 5 aliphatic rings. The number of aliphatic hydroxyl groups excluding tert-OH is 1. The van der Waals surface area contributed by atoms with Gasteiger partial charge < -0.3 is 19.3 Å². The number of aliphatic hydroxyl groups is 1. The summed E-state index contributed by atoms with van der Waals surface area (Å²) in [5, 5.41) is 13.1. The minimum Gasteiger partial charge on any atom is -0.376 e. The lowest BCUT2D eigenvalue weighted by Gasteiger charge is -2.60. The molecule has 7 heteroatoms. The highest BCUT2D eigenvalue weighted by Gasteiger charge is 2.69. The summed E-state index contributed by atoms with van der Waals surface area (Å²) in [6, 6.07) is 0.184. The van der Waals surface area contributed by atoms with Crippen molar-refractivity contribution in [2.45, 2.75) is 96.5 Å². The van der Waals surface area contributed by atoms with E-state index in [1.807, 2.05) is 20.8 Å². The Hall–Kier alpha value is -0.280. The van der Waals surface area contributed by atoms with Crippen molar-refractivity contribution < 1.29 is 29.1 Å². The van der Waals surface area contributed by atoms with E-state index in [9.17, 15) is 5.11 Å². The van der Waals surface area contributed by atoms with Crippen LogP contribution >= 0.6 is 0 Å². The molecule has 0 aromatic rings. The molecular weight excluding hydrogens is 350 g/mol. The predicted octanol–water partition coefficient (Wildman–Crippen LogP) is 2.53. The SMILES string of the molecule is CC(C)NC(O)CO[C@H]1O[C@@H]2O[C@@]3(C)CCC4[C@H](C)CCC([C@H]1C)[C@]42OO3. The fraction of sp³-hybridized carbons (Fsp3) is 1.00. The molecule has 2 N–H and O–H groups in total. The highest BCUT2D eigenvalue weighted by atomic mass is 17.3. The van der Waals surface area contributed by atoms with Crippen LogP contribution in [0.5, 0.6) is 0 Å². The van der Waals surface area contributed by atoms with Crippen molar-refractivity contribution in [3.8, 4) is 0 Å². The second-order valence-corrected chi connectivity index (χ2v) is 9.44. The summed E-state index contributed by atoms with van der Waals surface area (Å²) in [6.07, 6.45) is 2.35. The van der Waals surface area contributed by atoms with Crippen LogP contribution < -0.4 is 5.32 Å². The number of ether oxygens (including phenoxy) is 3. The molecule has 0 aromatic carbocycles. The predicted molar refractivity (Wildman–Crippen MR) is 97.1 cm³/mol. The minimum atomic E-state index is -0.776. The molecule has 0 radical (unpaired) electrons. The minimum absolute atomic E-state index is 0.122. The summed E-state index contributed by atoms with van der Waals surface area (Å²) in [4.78, 5) is 11.9. The molecule has 9 atom stereocenters. The fourth-order valence-corrected chi connectivity index (χ4v) is 5.68. The summed E-state index contributed by atoms with van der Waals surface area (Å²) in [6.45, 7) is 10.5. The largest absolute Gasteiger partial charge is 0.376 e. The first-order valence-electron chi connectivity index (χ1n) is 10.5. The van der Waals surface area contributed by atoms with E-state index in [1.54, 1.807) is 0 Å². The third kappa shape index (κ3) is 3.35. The molecule has 7 nitrogen and oxygen atoms in total. The van der Waals surface area contributed by atoms with Gasteiger partial charge in [-0.05, 0) is 51.9 Å². The quantitative estimate of drug-likeness (QED) is 0.556. The van der Waals surface area contributed by atoms with E-state index in [0.717, 1.165) is 19.3 Å². The fourth-order valence-electron chi connectivity index (χ4n) is 5.68. The van der Waals surface area contributed by atoms with Crippen LogP contribution in [0.2, 0.25) is 0 Å². The van der Waals surface area contributed by atoms with Crippen molar-refractivity contribution in [2.24, 2.45) is 23.7 Å². The number of nitrogens with one attached hydrogen (secondary N) is 1. The van der Waals surface area contributed by atoms with E-state index in [2.05, 4.69) is 19.2 Å². The van der Waals surface area contributed by atoms with E-state index in [1.165, 1.54) is 6.42 Å². The van der Waals surface area contributed by atoms with Gasteiger partial charge in [0.2, 0.25) is 5.79 Å². The third-order valence-electron chi connectivity index (χ3n) is 7.04. The van der Waals surface area contributed by atoms with Gasteiger partial charge in [0, 0.05) is 24.3 Å². The first-order valence-corrected chi connectivity index (χ1v) is 10.5. The lowest BCUT2D eigenvalue weighted by atomic mass is 9.58. The van der Waals surface area contributed by atoms with Crippen molar-refractivity contribution in [2.75, 3.05) is 6.61 Å². The second kappa shape index (κ2) is 7.20. The van der Waals surface area contributed by atoms with Crippen molar-refractivity contribution in [1.29, 1.82) is 0 Å². The molecule has 3 unspecified atom stereocenters. The summed E-state index contributed by atoms with van der Waals surface area (Å²) >= 11 is 0. The number of fused-ring (bicyclic) bond motifs is 2. The third-order valence-corrected chi connectivity index (χ3v) is 7.04. The highest BCUT2D eigenvalue weighted by Crippen LogP contribution is 2.60. The van der Waals surface area contributed by atoms with Gasteiger partial charge in [0.1, 0.15) is 6.23 Å². The van der Waals surface area contributed by atoms with E-state index in [4.69, 9.17) is 24.0 Å². The van der Waals surface area contributed by atoms with Crippen LogP contribution in [0.3, 0.4) is 0 Å². The molecule has 4 saturated heterocycles. The molecule has 5 fully saturated rings. The smallest absolute Gasteiger partial charge is 0.201 e. The first kappa shape index (κ1) is 20.0. The Labute approximate surface area is 161 Å². The number of hydrogen-bond donors (Lipinski definition) is 2. The molecule has 5 rings (SSSR count). The Morgan fingerprint density at radius 3 is 2.67 bits per heavy atom. The van der Waals surface area contributed by atoms with E-state index in [0.29, 0.717) is 11.8 Å². The maximum absolute atomic E-state index is 10.1. The van der Waals surface area contributed by atoms with Gasteiger partial charge in [-0.3, -0.25) is 5.32 Å². The van der Waals surface area contributed by atoms with Crippen molar-refractivity contribution in [1.82, 2.24) is 5.32 Å². The van der Waals surface area contributed by atoms with Crippen LogP contribution in [0.1, 0.15) is 60.3 Å². The monoisotopic (exact) mass is 385 g/mol. The molecule has 1 saturated carbocycles. The molecular formula is C20H35NO6. The van der Waals surface area contributed by atoms with E-state index < -0.39 is 30.2 Å². The molecule has 4 heterocycles. The normalized spacial score (nSPS) is 50.3. The summed E-state index contributed by atoms with van der Waals surface area (Å²) in [5.74, 6) is 0.475. The first-order chi connectivity index (χ1) is 12.7. The van der Waals surface area contributed by atoms with Crippen LogP contribution in [0.25, 0.3) is 0 Å². The Balaban J connectivity index is 1.55. The molecule has 0 aromatic heterocycles. The van der Waals surface area contributed by atoms with E-state index >= 15 is 0 Å². The zero-order valence-electron chi connectivity index (χ0n) is 17.1. The Kier molecular flexibility index (Phi) is 5.34. The lowest BCUT2D eigenvalue weighted by molar-refractivity contribution is -0.577. The van der Waals surface area contributed by atoms with Gasteiger partial charge in [-0.15, -0.1) is 0 Å². The zero-order chi connectivity index (χ0) is 19.4. The standard InChI is InChI=1S/C20H35NO6/c1-11(2)21-16(22)10-23-17-13(4)15-7-6-12(3)14-8-9-19(5)25-18(24-17)20(14,15)27-26-19/h11-18,21-22H,6-10H2,1-5H3/t12-,13-,14?,15?,16?,17+,18-,19-,20-/m1/s1. The Morgan fingerprint density at radius 1 is 1.15 bits per heavy atom. The van der Waals surface area contributed by atoms with Crippen LogP contribution in [0.15, 0.2) is 0 Å². The van der Waals surface area contributed by atoms with Crippen LogP contribution in [-0.2, 0) is 24.0 Å². The Bertz CT molecular complexity index is 547. The maximum atomic E-state index is 10.1. The van der Waals surface area contributed by atoms with Gasteiger partial charge in [-0.25, -0.2) is 9.78 Å². The van der Waals surface area contributed by atoms with Gasteiger partial charge in [0.15, 0.2) is 18.2 Å². The van der Waals surface area contributed by atoms with Gasteiger partial charge in [-0.1, -0.05) is 13.8 Å². The summed E-state index contributed by atoms with van der Waals surface area (Å²) < 4.78 is 18.6. The second-order valence-electron chi connectivity index (χ2n) is 9.44. The van der Waals surface area contributed by atoms with Crippen LogP contribution in [-0.4, -0.2) is 48.0 Å². The molecule has 27 heavy (non-hydrogen) atoms. The van der Waals surface area contributed by atoms with Crippen molar-refractivity contribution in [3.63, 3.8) is 0 Å². The van der Waals surface area contributed by atoms with Crippen LogP contribution in [0, 0.1) is 23.7 Å². The lowest BCUT2D eigenvalue weighted by Crippen LogP contribution is -2.70. The van der Waals surface area contributed by atoms with Crippen molar-refractivity contribution >= 4 is 0 Å². The number of rotatable bonds is 5. The van der Waals surface area contributed by atoms with Crippen molar-refractivity contribution in [3.05, 3.63) is 0 Å². The zero-order valence-corrected chi connectivity index (χ0v) is 17.1. The average Bonchev–Trinajstić information content (AvgIpc) is 2.82. The molecule has 156 valence electrons.